The molecule has 0 saturated heterocycles. The van der Waals surface area contributed by atoms with E-state index >= 15 is 0 Å². The molecule has 0 radical (unpaired) electrons. The van der Waals surface area contributed by atoms with Gasteiger partial charge >= 0.3 is 34.6 Å². The minimum Gasteiger partial charge on any atom is -0.273 e. The van der Waals surface area contributed by atoms with Gasteiger partial charge in [-0.25, -0.2) is 24.3 Å². The van der Waals surface area contributed by atoms with Crippen LogP contribution in [-0.2, 0) is 23.9 Å². The van der Waals surface area contributed by atoms with Crippen molar-refractivity contribution >= 4 is 28.6 Å². The summed E-state index contributed by atoms with van der Waals surface area (Å²) in [7, 11) is 0. The Bertz CT molecular complexity index is 186. The molecule has 0 nitrogen and oxygen atoms in total. The molecule has 2 aliphatic carbocycles. The molecule has 0 aromatic heterocycles. The Hall–Kier alpha value is 0.280. The zero-order chi connectivity index (χ0) is 9.78. The van der Waals surface area contributed by atoms with Crippen LogP contribution in [0.5, 0.6) is 0 Å². The molecule has 0 aliphatic heterocycles. The third kappa shape index (κ3) is 20.4. The molecule has 0 atom stereocenters. The molecule has 0 amide bonds. The van der Waals surface area contributed by atoms with Crippen LogP contribution in [0.1, 0.15) is 19.8 Å². The average Bonchev–Trinajstić information content (AvgIpc) is 2.85. The van der Waals surface area contributed by atoms with Crippen molar-refractivity contribution in [2.75, 3.05) is 0 Å². The van der Waals surface area contributed by atoms with Crippen molar-refractivity contribution in [3.63, 3.8) is 0 Å². The number of allylic oxidation sites excluding steroid dienone is 8. The molecule has 0 fully saturated rings. The summed E-state index contributed by atoms with van der Waals surface area (Å²) in [5.41, 5.74) is 0. The Kier molecular flexibility index (Phi) is 27.3. The Labute approximate surface area is 120 Å². The van der Waals surface area contributed by atoms with Gasteiger partial charge in [-0.05, 0) is 0 Å². The van der Waals surface area contributed by atoms with Crippen LogP contribution in [0.2, 0.25) is 0 Å². The molecule has 0 saturated carbocycles. The van der Waals surface area contributed by atoms with E-state index in [-0.39, 0.29) is 24.8 Å². The number of hydrogen-bond acceptors (Lipinski definition) is 0. The summed E-state index contributed by atoms with van der Waals surface area (Å²) < 4.78 is 2.14. The molecule has 15 heavy (non-hydrogen) atoms. The summed E-state index contributed by atoms with van der Waals surface area (Å²) in [5, 5.41) is 0. The quantitative estimate of drug-likeness (QED) is 0.422. The Morgan fingerprint density at radius 2 is 1.33 bits per heavy atom. The van der Waals surface area contributed by atoms with Crippen molar-refractivity contribution in [2.24, 2.45) is 0 Å². The van der Waals surface area contributed by atoms with Crippen molar-refractivity contribution in [1.82, 2.24) is 0 Å². The molecular formula is C12H16Cl2Hf. The minimum atomic E-state index is 0. The van der Waals surface area contributed by atoms with Crippen molar-refractivity contribution in [2.45, 2.75) is 19.8 Å². The number of halogens is 2. The maximum atomic E-state index is 2.99. The smallest absolute Gasteiger partial charge is 0.109 e. The van der Waals surface area contributed by atoms with Crippen molar-refractivity contribution in [3.05, 3.63) is 48.6 Å². The van der Waals surface area contributed by atoms with Gasteiger partial charge < -0.3 is 0 Å². The molecule has 0 bridgehead atoms. The molecule has 0 aromatic carbocycles. The van der Waals surface area contributed by atoms with E-state index in [2.05, 4.69) is 35.0 Å². The van der Waals surface area contributed by atoms with E-state index in [1.165, 1.54) is 23.9 Å². The van der Waals surface area contributed by atoms with Crippen molar-refractivity contribution in [1.29, 1.82) is 0 Å². The first-order chi connectivity index (χ1) is 6.41. The van der Waals surface area contributed by atoms with Gasteiger partial charge in [-0.1, -0.05) is 0 Å². The first-order valence-corrected chi connectivity index (χ1v) is 6.37. The van der Waals surface area contributed by atoms with Crippen LogP contribution < -0.4 is 0 Å². The van der Waals surface area contributed by atoms with E-state index in [1.54, 1.807) is 0 Å². The van der Waals surface area contributed by atoms with Gasteiger partial charge in [-0.15, -0.1) is 37.7 Å². The zero-order valence-electron chi connectivity index (χ0n) is 8.77. The first-order valence-electron chi connectivity index (χ1n) is 4.30. The third-order valence-electron chi connectivity index (χ3n) is 1.17. The molecule has 0 heterocycles. The fraction of sp³-hybridized carbons (Fsp3) is 0.250. The second-order valence-electron chi connectivity index (χ2n) is 2.29. The minimum absolute atomic E-state index is 0. The molecule has 0 unspecified atom stereocenters. The van der Waals surface area contributed by atoms with Gasteiger partial charge in [0, 0.05) is 0 Å². The largest absolute Gasteiger partial charge is 0.273 e. The number of rotatable bonds is 0. The van der Waals surface area contributed by atoms with Gasteiger partial charge in [-0.2, -0.15) is 12.2 Å². The van der Waals surface area contributed by atoms with Gasteiger partial charge in [0.2, 0.25) is 0 Å². The molecule has 2 aliphatic rings. The summed E-state index contributed by atoms with van der Waals surface area (Å²) in [6.45, 7) is 2.06. The van der Waals surface area contributed by atoms with Crippen molar-refractivity contribution in [3.8, 4) is 0 Å². The van der Waals surface area contributed by atoms with Crippen LogP contribution in [0.3, 0.4) is 0 Å². The van der Waals surface area contributed by atoms with E-state index in [1.807, 2.05) is 24.3 Å². The molecule has 2 rings (SSSR count). The third-order valence-corrected chi connectivity index (χ3v) is 1.17. The molecule has 0 spiro atoms. The van der Waals surface area contributed by atoms with Crippen LogP contribution in [-0.4, -0.2) is 3.76 Å². The summed E-state index contributed by atoms with van der Waals surface area (Å²) in [6.07, 6.45) is 20.0. The van der Waals surface area contributed by atoms with Gasteiger partial charge in [0.1, 0.15) is 0 Å². The Morgan fingerprint density at radius 3 is 1.40 bits per heavy atom. The summed E-state index contributed by atoms with van der Waals surface area (Å²) >= 11 is 1.24. The second kappa shape index (κ2) is 19.8. The predicted octanol–water partition coefficient (Wildman–Crippen LogP) is 3.81. The van der Waals surface area contributed by atoms with Crippen LogP contribution in [0.25, 0.3) is 0 Å². The van der Waals surface area contributed by atoms with Crippen LogP contribution in [0, 0.1) is 12.2 Å². The van der Waals surface area contributed by atoms with Gasteiger partial charge in [0.25, 0.3) is 0 Å². The van der Waals surface area contributed by atoms with Crippen LogP contribution in [0.15, 0.2) is 36.5 Å². The Balaban J connectivity index is -0.000000140. The summed E-state index contributed by atoms with van der Waals surface area (Å²) in [5.74, 6) is 0. The fourth-order valence-corrected chi connectivity index (χ4v) is 0.680. The van der Waals surface area contributed by atoms with E-state index in [9.17, 15) is 0 Å². The van der Waals surface area contributed by atoms with Crippen molar-refractivity contribution < 1.29 is 23.9 Å². The van der Waals surface area contributed by atoms with Gasteiger partial charge in [0.15, 0.2) is 0 Å². The summed E-state index contributed by atoms with van der Waals surface area (Å²) in [4.78, 5) is 0. The number of hydrogen-bond donors (Lipinski definition) is 0. The van der Waals surface area contributed by atoms with Gasteiger partial charge in [0.05, 0.1) is 0 Å². The molecular weight excluding hydrogens is 394 g/mol. The Morgan fingerprint density at radius 1 is 1.00 bits per heavy atom. The van der Waals surface area contributed by atoms with E-state index in [0.717, 1.165) is 12.8 Å². The monoisotopic (exact) mass is 410 g/mol. The maximum absolute atomic E-state index is 2.99. The topological polar surface area (TPSA) is 0 Å². The summed E-state index contributed by atoms with van der Waals surface area (Å²) in [6, 6.07) is 0. The zero-order valence-corrected chi connectivity index (χ0v) is 14.0. The van der Waals surface area contributed by atoms with Gasteiger partial charge in [-0.3, -0.25) is 12.2 Å². The van der Waals surface area contributed by atoms with E-state index in [4.69, 9.17) is 0 Å². The average molecular weight is 410 g/mol. The van der Waals surface area contributed by atoms with E-state index in [0.29, 0.717) is 0 Å². The fourth-order valence-electron chi connectivity index (χ4n) is 0.680. The SMILES string of the molecule is C[CH]=[Hf+2].Cl.Cl.[C-]1=CC=CC1.[C-]1=CC=CC1. The van der Waals surface area contributed by atoms with E-state index < -0.39 is 0 Å². The van der Waals surface area contributed by atoms with Crippen LogP contribution >= 0.6 is 24.8 Å². The van der Waals surface area contributed by atoms with Crippen LogP contribution in [0.4, 0.5) is 0 Å². The normalized spacial score (nSPS) is 12.7. The first kappa shape index (κ1) is 20.7. The predicted molar refractivity (Wildman–Crippen MR) is 69.4 cm³/mol. The maximum Gasteiger partial charge on any atom is -0.109 e. The standard InChI is InChI=1S/2C5H5.C2H4.2ClH.Hf/c2*1-2-4-5-3-1;1-2;;;/h2*1-3H,4H2;1H,2H3;2*1H;/q2*-1;;;;+2. The molecule has 3 heteroatoms. The second-order valence-corrected chi connectivity index (χ2v) is 4.37. The molecule has 82 valence electrons. The molecule has 0 aromatic rings. The molecule has 0 N–H and O–H groups in total.